The molecule has 0 aliphatic heterocycles. The lowest BCUT2D eigenvalue weighted by Crippen LogP contribution is -2.19. The van der Waals surface area contributed by atoms with Crippen molar-refractivity contribution in [2.75, 3.05) is 5.32 Å². The molecule has 2 aromatic carbocycles. The molecule has 26 heavy (non-hydrogen) atoms. The molecule has 2 heterocycles. The van der Waals surface area contributed by atoms with Crippen molar-refractivity contribution in [1.29, 1.82) is 0 Å². The zero-order chi connectivity index (χ0) is 18.4. The van der Waals surface area contributed by atoms with Crippen molar-refractivity contribution in [3.05, 3.63) is 62.1 Å². The predicted octanol–water partition coefficient (Wildman–Crippen LogP) is 3.77. The van der Waals surface area contributed by atoms with Gasteiger partial charge in [-0.05, 0) is 55.5 Å². The number of aromatic amines is 1. The van der Waals surface area contributed by atoms with Gasteiger partial charge in [-0.25, -0.2) is 4.98 Å². The lowest BCUT2D eigenvalue weighted by molar-refractivity contribution is 0.102. The Bertz CT molecular complexity index is 1300. The maximum absolute atomic E-state index is 12.6. The molecule has 0 saturated heterocycles. The first-order valence-electron chi connectivity index (χ1n) is 7.84. The first-order valence-corrected chi connectivity index (χ1v) is 9.06. The third kappa shape index (κ3) is 2.83. The van der Waals surface area contributed by atoms with E-state index in [0.717, 1.165) is 15.2 Å². The maximum atomic E-state index is 12.6. The minimum atomic E-state index is -0.257. The molecule has 4 aromatic rings. The number of aromatic nitrogens is 3. The molecule has 0 aliphatic carbocycles. The zero-order valence-corrected chi connectivity index (χ0v) is 15.6. The van der Waals surface area contributed by atoms with Gasteiger partial charge in [0.25, 0.3) is 11.5 Å². The molecule has 0 spiro atoms. The Hall–Kier alpha value is -2.84. The number of carbonyl (C=O) groups excluding carboxylic acids is 1. The van der Waals surface area contributed by atoms with E-state index < -0.39 is 0 Å². The summed E-state index contributed by atoms with van der Waals surface area (Å²) < 4.78 is 2.70. The van der Waals surface area contributed by atoms with Crippen molar-refractivity contribution in [3.8, 4) is 0 Å². The van der Waals surface area contributed by atoms with E-state index in [1.807, 2.05) is 25.1 Å². The monoisotopic (exact) mass is 382 g/mol. The number of hydrogen-bond donors (Lipinski definition) is 2. The lowest BCUT2D eigenvalue weighted by Gasteiger charge is -2.07. The number of anilines is 1. The molecule has 1 amide bonds. The number of nitrogens with zero attached hydrogens (tertiary/aromatic N) is 2. The van der Waals surface area contributed by atoms with Crippen molar-refractivity contribution >= 4 is 56.3 Å². The number of thiazole rings is 1. The fourth-order valence-corrected chi connectivity index (χ4v) is 3.83. The van der Waals surface area contributed by atoms with Gasteiger partial charge in [0.1, 0.15) is 0 Å². The van der Waals surface area contributed by atoms with Crippen LogP contribution in [0.5, 0.6) is 0 Å². The molecular weight excluding hydrogens is 368 g/mol. The van der Waals surface area contributed by atoms with E-state index in [1.165, 1.54) is 4.57 Å². The number of H-pyrrole nitrogens is 1. The molecule has 4 rings (SSSR count). The Balaban J connectivity index is 1.69. The summed E-state index contributed by atoms with van der Waals surface area (Å²) in [4.78, 5) is 32.2. The van der Waals surface area contributed by atoms with Gasteiger partial charge < -0.3 is 10.3 Å². The number of aryl methyl sites for hydroxylation is 1. The third-order valence-electron chi connectivity index (χ3n) is 4.12. The van der Waals surface area contributed by atoms with Gasteiger partial charge in [-0.2, -0.15) is 0 Å². The van der Waals surface area contributed by atoms with E-state index >= 15 is 0 Å². The van der Waals surface area contributed by atoms with Gasteiger partial charge in [-0.3, -0.25) is 14.2 Å². The van der Waals surface area contributed by atoms with Gasteiger partial charge >= 0.3 is 0 Å². The van der Waals surface area contributed by atoms with Crippen LogP contribution < -0.4 is 10.9 Å². The summed E-state index contributed by atoms with van der Waals surface area (Å²) in [6.45, 7) is 1.95. The lowest BCUT2D eigenvalue weighted by atomic mass is 10.1. The summed E-state index contributed by atoms with van der Waals surface area (Å²) >= 11 is 6.71. The highest BCUT2D eigenvalue weighted by Gasteiger charge is 2.10. The van der Waals surface area contributed by atoms with Crippen LogP contribution in [0.1, 0.15) is 15.4 Å². The first kappa shape index (κ1) is 16.6. The second-order valence-corrected chi connectivity index (χ2v) is 7.55. The quantitative estimate of drug-likeness (QED) is 0.517. The normalized spacial score (nSPS) is 11.2. The summed E-state index contributed by atoms with van der Waals surface area (Å²) in [5, 5.41) is 4.35. The zero-order valence-electron chi connectivity index (χ0n) is 14.0. The number of rotatable bonds is 2. The van der Waals surface area contributed by atoms with Crippen molar-refractivity contribution in [2.24, 2.45) is 7.05 Å². The number of fused-ring (bicyclic) bond motifs is 2. The average Bonchev–Trinajstić information content (AvgIpc) is 2.98. The highest BCUT2D eigenvalue weighted by molar-refractivity contribution is 7.71. The number of nitrogens with one attached hydrogen (secondary N) is 2. The molecule has 0 unspecified atom stereocenters. The van der Waals surface area contributed by atoms with Crippen molar-refractivity contribution in [1.82, 2.24) is 14.5 Å². The van der Waals surface area contributed by atoms with Gasteiger partial charge in [0.05, 0.1) is 26.1 Å². The molecule has 2 aromatic heterocycles. The Kier molecular flexibility index (Phi) is 3.93. The molecule has 0 bridgehead atoms. The molecule has 130 valence electrons. The highest BCUT2D eigenvalue weighted by Crippen LogP contribution is 2.25. The third-order valence-corrected chi connectivity index (χ3v) is 5.43. The van der Waals surface area contributed by atoms with Gasteiger partial charge in [0.2, 0.25) is 0 Å². The Morgan fingerprint density at radius 2 is 2.08 bits per heavy atom. The molecule has 0 saturated carbocycles. The first-order chi connectivity index (χ1) is 12.4. The molecule has 0 aliphatic rings. The fraction of sp³-hybridized carbons (Fsp3) is 0.111. The van der Waals surface area contributed by atoms with Gasteiger partial charge in [0, 0.05) is 18.3 Å². The molecule has 0 atom stereocenters. The summed E-state index contributed by atoms with van der Waals surface area (Å²) in [5.41, 5.74) is 2.40. The van der Waals surface area contributed by atoms with Crippen LogP contribution in [0.15, 0.2) is 41.2 Å². The van der Waals surface area contributed by atoms with Crippen LogP contribution in [0.4, 0.5) is 5.69 Å². The Labute approximate surface area is 157 Å². The van der Waals surface area contributed by atoms with E-state index in [4.69, 9.17) is 12.2 Å². The predicted molar refractivity (Wildman–Crippen MR) is 107 cm³/mol. The Morgan fingerprint density at radius 3 is 2.88 bits per heavy atom. The SMILES string of the molecule is Cc1nc2ccc(NC(=O)c3ccc4c(=O)n(C)c(=S)[nH]c4c3)cc2s1. The largest absolute Gasteiger partial charge is 0.332 e. The van der Waals surface area contributed by atoms with Crippen LogP contribution in [-0.4, -0.2) is 20.4 Å². The van der Waals surface area contributed by atoms with Crippen molar-refractivity contribution < 1.29 is 4.79 Å². The summed E-state index contributed by atoms with van der Waals surface area (Å²) in [6.07, 6.45) is 0. The average molecular weight is 382 g/mol. The van der Waals surface area contributed by atoms with E-state index in [0.29, 0.717) is 26.9 Å². The molecule has 6 nitrogen and oxygen atoms in total. The van der Waals surface area contributed by atoms with Crippen LogP contribution in [0.3, 0.4) is 0 Å². The van der Waals surface area contributed by atoms with Crippen LogP contribution in [0, 0.1) is 11.7 Å². The number of hydrogen-bond acceptors (Lipinski definition) is 5. The van der Waals surface area contributed by atoms with Crippen molar-refractivity contribution in [2.45, 2.75) is 6.92 Å². The van der Waals surface area contributed by atoms with Gasteiger partial charge in [-0.15, -0.1) is 11.3 Å². The van der Waals surface area contributed by atoms with E-state index in [9.17, 15) is 9.59 Å². The van der Waals surface area contributed by atoms with E-state index in [2.05, 4.69) is 15.3 Å². The topological polar surface area (TPSA) is 79.8 Å². The minimum Gasteiger partial charge on any atom is -0.332 e. The standard InChI is InChI=1S/C18H14N4O2S2/c1-9-19-13-6-4-11(8-15(13)26-9)20-16(23)10-3-5-12-14(7-10)21-18(25)22(2)17(12)24/h3-8H,1-2H3,(H,20,23)(H,21,25). The van der Waals surface area contributed by atoms with Crippen LogP contribution in [0.2, 0.25) is 0 Å². The fourth-order valence-electron chi connectivity index (χ4n) is 2.77. The molecular formula is C18H14N4O2S2. The highest BCUT2D eigenvalue weighted by atomic mass is 32.1. The van der Waals surface area contributed by atoms with Crippen molar-refractivity contribution in [3.63, 3.8) is 0 Å². The number of carbonyl (C=O) groups is 1. The Morgan fingerprint density at radius 1 is 1.27 bits per heavy atom. The minimum absolute atomic E-state index is 0.193. The van der Waals surface area contributed by atoms with Crippen LogP contribution in [0.25, 0.3) is 21.1 Å². The molecule has 2 N–H and O–H groups in total. The van der Waals surface area contributed by atoms with Gasteiger partial charge in [0.15, 0.2) is 4.77 Å². The van der Waals surface area contributed by atoms with Gasteiger partial charge in [-0.1, -0.05) is 0 Å². The maximum Gasteiger partial charge on any atom is 0.261 e. The van der Waals surface area contributed by atoms with Crippen LogP contribution in [-0.2, 0) is 7.05 Å². The van der Waals surface area contributed by atoms with E-state index in [-0.39, 0.29) is 11.5 Å². The number of benzene rings is 2. The summed E-state index contributed by atoms with van der Waals surface area (Å²) in [5.74, 6) is -0.257. The molecule has 0 radical (unpaired) electrons. The second-order valence-electron chi connectivity index (χ2n) is 5.92. The molecule has 8 heteroatoms. The number of amides is 1. The summed E-state index contributed by atoms with van der Waals surface area (Å²) in [7, 11) is 1.61. The van der Waals surface area contributed by atoms with Crippen LogP contribution >= 0.6 is 23.6 Å². The smallest absolute Gasteiger partial charge is 0.261 e. The molecule has 0 fully saturated rings. The summed E-state index contributed by atoms with van der Waals surface area (Å²) in [6, 6.07) is 10.5. The second kappa shape index (κ2) is 6.15. The van der Waals surface area contributed by atoms with E-state index in [1.54, 1.807) is 36.6 Å².